The minimum absolute atomic E-state index is 0.0951. The molecule has 0 saturated carbocycles. The number of hydrogen-bond acceptors (Lipinski definition) is 1. The summed E-state index contributed by atoms with van der Waals surface area (Å²) in [4.78, 5) is 11.7. The Labute approximate surface area is 124 Å². The van der Waals surface area contributed by atoms with Crippen molar-refractivity contribution in [2.24, 2.45) is 0 Å². The Kier molecular flexibility index (Phi) is 3.65. The van der Waals surface area contributed by atoms with Crippen molar-refractivity contribution in [2.45, 2.75) is 6.92 Å². The van der Waals surface area contributed by atoms with Gasteiger partial charge in [-0.15, -0.1) is 0 Å². The summed E-state index contributed by atoms with van der Waals surface area (Å²) in [6.07, 6.45) is 0. The summed E-state index contributed by atoms with van der Waals surface area (Å²) >= 11 is 0. The van der Waals surface area contributed by atoms with Gasteiger partial charge in [0.05, 0.1) is 0 Å². The second-order valence-corrected chi connectivity index (χ2v) is 5.05. The second kappa shape index (κ2) is 5.76. The molecule has 3 aromatic rings. The van der Waals surface area contributed by atoms with Gasteiger partial charge in [0.2, 0.25) is 0 Å². The molecule has 3 rings (SSSR count). The van der Waals surface area contributed by atoms with Crippen LogP contribution in [0, 0.1) is 0 Å². The van der Waals surface area contributed by atoms with Gasteiger partial charge in [0, 0.05) is 5.56 Å². The summed E-state index contributed by atoms with van der Waals surface area (Å²) < 4.78 is 0. The SMILES string of the molecule is CC(=O)c1ccccc1-c1ccc(-c2ccccc2)cc1. The van der Waals surface area contributed by atoms with Crippen LogP contribution >= 0.6 is 0 Å². The van der Waals surface area contributed by atoms with Gasteiger partial charge in [-0.3, -0.25) is 4.79 Å². The first-order chi connectivity index (χ1) is 10.3. The molecule has 1 heteroatoms. The molecule has 0 atom stereocenters. The molecule has 0 unspecified atom stereocenters. The Hall–Kier alpha value is -2.67. The maximum Gasteiger partial charge on any atom is 0.160 e. The molecule has 0 spiro atoms. The molecule has 0 heterocycles. The summed E-state index contributed by atoms with van der Waals surface area (Å²) in [6, 6.07) is 26.4. The van der Waals surface area contributed by atoms with E-state index < -0.39 is 0 Å². The quantitative estimate of drug-likeness (QED) is 0.597. The largest absolute Gasteiger partial charge is 0.294 e. The number of rotatable bonds is 3. The number of ketones is 1. The molecule has 0 saturated heterocycles. The molecular formula is C20H16O. The van der Waals surface area contributed by atoms with Crippen LogP contribution < -0.4 is 0 Å². The zero-order chi connectivity index (χ0) is 14.7. The predicted octanol–water partition coefficient (Wildman–Crippen LogP) is 5.22. The third-order valence-corrected chi connectivity index (χ3v) is 3.61. The van der Waals surface area contributed by atoms with Gasteiger partial charge >= 0.3 is 0 Å². The summed E-state index contributed by atoms with van der Waals surface area (Å²) in [6.45, 7) is 1.61. The van der Waals surface area contributed by atoms with Gasteiger partial charge in [0.15, 0.2) is 5.78 Å². The normalized spacial score (nSPS) is 10.3. The third kappa shape index (κ3) is 2.77. The molecule has 0 amide bonds. The molecule has 0 aliphatic carbocycles. The number of carbonyl (C=O) groups excluding carboxylic acids is 1. The number of Topliss-reactive ketones (excluding diaryl/α,β-unsaturated/α-hetero) is 1. The highest BCUT2D eigenvalue weighted by Crippen LogP contribution is 2.27. The first-order valence-corrected chi connectivity index (χ1v) is 7.01. The van der Waals surface area contributed by atoms with E-state index in [0.717, 1.165) is 16.7 Å². The number of carbonyl (C=O) groups is 1. The van der Waals surface area contributed by atoms with Gasteiger partial charge in [0.25, 0.3) is 0 Å². The van der Waals surface area contributed by atoms with Crippen molar-refractivity contribution in [3.63, 3.8) is 0 Å². The molecule has 21 heavy (non-hydrogen) atoms. The minimum atomic E-state index is 0.0951. The number of hydrogen-bond donors (Lipinski definition) is 0. The van der Waals surface area contributed by atoms with Crippen LogP contribution in [0.25, 0.3) is 22.3 Å². The van der Waals surface area contributed by atoms with Gasteiger partial charge in [0.1, 0.15) is 0 Å². The molecule has 1 nitrogen and oxygen atoms in total. The lowest BCUT2D eigenvalue weighted by atomic mass is 9.95. The summed E-state index contributed by atoms with van der Waals surface area (Å²) in [5.41, 5.74) is 5.21. The summed E-state index contributed by atoms with van der Waals surface area (Å²) in [5, 5.41) is 0. The molecule has 0 radical (unpaired) electrons. The van der Waals surface area contributed by atoms with Crippen LogP contribution in [0.4, 0.5) is 0 Å². The van der Waals surface area contributed by atoms with Crippen molar-refractivity contribution < 1.29 is 4.79 Å². The average molecular weight is 272 g/mol. The summed E-state index contributed by atoms with van der Waals surface area (Å²) in [7, 11) is 0. The first-order valence-electron chi connectivity index (χ1n) is 7.01. The average Bonchev–Trinajstić information content (AvgIpc) is 2.56. The van der Waals surface area contributed by atoms with E-state index in [2.05, 4.69) is 36.4 Å². The maximum absolute atomic E-state index is 11.7. The van der Waals surface area contributed by atoms with Crippen LogP contribution in [0.3, 0.4) is 0 Å². The van der Waals surface area contributed by atoms with Crippen LogP contribution in [0.15, 0.2) is 78.9 Å². The molecule has 0 N–H and O–H groups in total. The fraction of sp³-hybridized carbons (Fsp3) is 0.0500. The Balaban J connectivity index is 2.01. The van der Waals surface area contributed by atoms with Crippen molar-refractivity contribution in [2.75, 3.05) is 0 Å². The highest BCUT2D eigenvalue weighted by Gasteiger charge is 2.08. The Morgan fingerprint density at radius 2 is 1.14 bits per heavy atom. The maximum atomic E-state index is 11.7. The molecule has 0 aliphatic rings. The lowest BCUT2D eigenvalue weighted by molar-refractivity contribution is 0.101. The lowest BCUT2D eigenvalue weighted by Crippen LogP contribution is -1.95. The van der Waals surface area contributed by atoms with Crippen molar-refractivity contribution in [1.29, 1.82) is 0 Å². The van der Waals surface area contributed by atoms with E-state index in [4.69, 9.17) is 0 Å². The Morgan fingerprint density at radius 3 is 1.81 bits per heavy atom. The van der Waals surface area contributed by atoms with Gasteiger partial charge in [-0.05, 0) is 29.2 Å². The molecular weight excluding hydrogens is 256 g/mol. The first kappa shape index (κ1) is 13.3. The zero-order valence-corrected chi connectivity index (χ0v) is 11.9. The van der Waals surface area contributed by atoms with E-state index in [1.54, 1.807) is 6.92 Å². The molecule has 0 fully saturated rings. The Bertz CT molecular complexity index is 755. The summed E-state index contributed by atoms with van der Waals surface area (Å²) in [5.74, 6) is 0.0951. The van der Waals surface area contributed by atoms with Gasteiger partial charge in [-0.2, -0.15) is 0 Å². The van der Waals surface area contributed by atoms with Gasteiger partial charge < -0.3 is 0 Å². The predicted molar refractivity (Wildman–Crippen MR) is 87.3 cm³/mol. The molecule has 3 aromatic carbocycles. The van der Waals surface area contributed by atoms with E-state index >= 15 is 0 Å². The zero-order valence-electron chi connectivity index (χ0n) is 11.9. The monoisotopic (exact) mass is 272 g/mol. The van der Waals surface area contributed by atoms with Crippen LogP contribution in [-0.2, 0) is 0 Å². The topological polar surface area (TPSA) is 17.1 Å². The van der Waals surface area contributed by atoms with Crippen molar-refractivity contribution in [3.8, 4) is 22.3 Å². The standard InChI is InChI=1S/C20H16O/c1-15(21)19-9-5-6-10-20(19)18-13-11-17(12-14-18)16-7-3-2-4-8-16/h2-14H,1H3. The number of benzene rings is 3. The fourth-order valence-corrected chi connectivity index (χ4v) is 2.51. The van der Waals surface area contributed by atoms with E-state index in [1.807, 2.05) is 42.5 Å². The Morgan fingerprint density at radius 1 is 0.619 bits per heavy atom. The van der Waals surface area contributed by atoms with Crippen LogP contribution in [0.1, 0.15) is 17.3 Å². The fourth-order valence-electron chi connectivity index (χ4n) is 2.51. The molecule has 0 aliphatic heterocycles. The highest BCUT2D eigenvalue weighted by atomic mass is 16.1. The van der Waals surface area contributed by atoms with Crippen molar-refractivity contribution in [3.05, 3.63) is 84.4 Å². The smallest absolute Gasteiger partial charge is 0.160 e. The van der Waals surface area contributed by atoms with E-state index in [0.29, 0.717) is 0 Å². The van der Waals surface area contributed by atoms with Gasteiger partial charge in [-0.1, -0.05) is 78.9 Å². The van der Waals surface area contributed by atoms with Crippen LogP contribution in [0.2, 0.25) is 0 Å². The molecule has 0 bridgehead atoms. The molecule has 102 valence electrons. The van der Waals surface area contributed by atoms with E-state index in [-0.39, 0.29) is 5.78 Å². The lowest BCUT2D eigenvalue weighted by Gasteiger charge is -2.08. The van der Waals surface area contributed by atoms with Gasteiger partial charge in [-0.25, -0.2) is 0 Å². The van der Waals surface area contributed by atoms with Crippen LogP contribution in [-0.4, -0.2) is 5.78 Å². The minimum Gasteiger partial charge on any atom is -0.294 e. The van der Waals surface area contributed by atoms with Crippen molar-refractivity contribution >= 4 is 5.78 Å². The van der Waals surface area contributed by atoms with E-state index in [1.165, 1.54) is 11.1 Å². The van der Waals surface area contributed by atoms with Crippen molar-refractivity contribution in [1.82, 2.24) is 0 Å². The van der Waals surface area contributed by atoms with Crippen LogP contribution in [0.5, 0.6) is 0 Å². The second-order valence-electron chi connectivity index (χ2n) is 5.05. The van der Waals surface area contributed by atoms with E-state index in [9.17, 15) is 4.79 Å². The third-order valence-electron chi connectivity index (χ3n) is 3.61. The molecule has 0 aromatic heterocycles. The highest BCUT2D eigenvalue weighted by molar-refractivity contribution is 6.00.